The highest BCUT2D eigenvalue weighted by atomic mass is 79.9. The lowest BCUT2D eigenvalue weighted by molar-refractivity contribution is 0.625. The summed E-state index contributed by atoms with van der Waals surface area (Å²) in [4.78, 5) is 0. The maximum atomic E-state index is 13.3. The van der Waals surface area contributed by atoms with Crippen molar-refractivity contribution in [2.75, 3.05) is 5.32 Å². The standard InChI is InChI=1S/C17H12Br2FN/c18-14-3-1-13-8-17(4-2-12(13)7-14)21-10-11-5-15(19)9-16(20)6-11/h1-9,21H,10H2. The van der Waals surface area contributed by atoms with Crippen molar-refractivity contribution in [3.8, 4) is 0 Å². The van der Waals surface area contributed by atoms with Gasteiger partial charge in [0.2, 0.25) is 0 Å². The minimum absolute atomic E-state index is 0.232. The minimum atomic E-state index is -0.232. The molecule has 0 aliphatic rings. The molecule has 0 saturated heterocycles. The molecule has 4 heteroatoms. The van der Waals surface area contributed by atoms with Crippen molar-refractivity contribution in [1.82, 2.24) is 0 Å². The molecule has 0 aliphatic heterocycles. The van der Waals surface area contributed by atoms with E-state index in [2.05, 4.69) is 61.4 Å². The number of benzene rings is 3. The quantitative estimate of drug-likeness (QED) is 0.550. The molecule has 0 fully saturated rings. The Kier molecular flexibility index (Phi) is 4.27. The molecule has 1 N–H and O–H groups in total. The van der Waals surface area contributed by atoms with Crippen molar-refractivity contribution in [3.63, 3.8) is 0 Å². The normalized spacial score (nSPS) is 10.8. The van der Waals surface area contributed by atoms with Crippen LogP contribution in [0.25, 0.3) is 10.8 Å². The molecule has 0 spiro atoms. The lowest BCUT2D eigenvalue weighted by Gasteiger charge is -2.09. The molecular formula is C17H12Br2FN. The molecule has 3 aromatic carbocycles. The van der Waals surface area contributed by atoms with Crippen LogP contribution in [0.15, 0.2) is 63.5 Å². The van der Waals surface area contributed by atoms with E-state index in [1.165, 1.54) is 22.9 Å². The molecule has 1 nitrogen and oxygen atoms in total. The van der Waals surface area contributed by atoms with Crippen LogP contribution >= 0.6 is 31.9 Å². The van der Waals surface area contributed by atoms with Crippen LogP contribution in [0.3, 0.4) is 0 Å². The van der Waals surface area contributed by atoms with Crippen molar-refractivity contribution < 1.29 is 4.39 Å². The highest BCUT2D eigenvalue weighted by Crippen LogP contribution is 2.23. The van der Waals surface area contributed by atoms with E-state index in [0.717, 1.165) is 20.2 Å². The number of anilines is 1. The van der Waals surface area contributed by atoms with Crippen molar-refractivity contribution >= 4 is 48.3 Å². The highest BCUT2D eigenvalue weighted by molar-refractivity contribution is 9.10. The fraction of sp³-hybridized carbons (Fsp3) is 0.0588. The molecule has 0 bridgehead atoms. The molecular weight excluding hydrogens is 397 g/mol. The van der Waals surface area contributed by atoms with Crippen LogP contribution < -0.4 is 5.32 Å². The first kappa shape index (κ1) is 14.5. The summed E-state index contributed by atoms with van der Waals surface area (Å²) in [5.74, 6) is -0.232. The SMILES string of the molecule is Fc1cc(Br)cc(CNc2ccc3cc(Br)ccc3c2)c1. The topological polar surface area (TPSA) is 12.0 Å². The van der Waals surface area contributed by atoms with Crippen molar-refractivity contribution in [3.05, 3.63) is 74.9 Å². The Bertz CT molecular complexity index is 782. The molecule has 0 heterocycles. The monoisotopic (exact) mass is 407 g/mol. The van der Waals surface area contributed by atoms with Gasteiger partial charge in [0.15, 0.2) is 0 Å². The Hall–Kier alpha value is -1.39. The number of hydrogen-bond donors (Lipinski definition) is 1. The molecule has 3 rings (SSSR count). The summed E-state index contributed by atoms with van der Waals surface area (Å²) in [6.45, 7) is 0.582. The third-order valence-corrected chi connectivity index (χ3v) is 4.17. The summed E-state index contributed by atoms with van der Waals surface area (Å²) < 4.78 is 15.2. The highest BCUT2D eigenvalue weighted by Gasteiger charge is 2.01. The van der Waals surface area contributed by atoms with Gasteiger partial charge in [-0.15, -0.1) is 0 Å². The van der Waals surface area contributed by atoms with Crippen LogP contribution in [0.5, 0.6) is 0 Å². The Balaban J connectivity index is 1.80. The summed E-state index contributed by atoms with van der Waals surface area (Å²) in [5.41, 5.74) is 1.92. The lowest BCUT2D eigenvalue weighted by Crippen LogP contribution is -1.99. The fourth-order valence-corrected chi connectivity index (χ4v) is 3.14. The van der Waals surface area contributed by atoms with E-state index in [1.807, 2.05) is 18.2 Å². The van der Waals surface area contributed by atoms with Crippen LogP contribution in [0.4, 0.5) is 10.1 Å². The van der Waals surface area contributed by atoms with Crippen molar-refractivity contribution in [1.29, 1.82) is 0 Å². The molecule has 0 radical (unpaired) electrons. The average Bonchev–Trinajstić information content (AvgIpc) is 2.44. The first-order valence-corrected chi connectivity index (χ1v) is 8.07. The lowest BCUT2D eigenvalue weighted by atomic mass is 10.1. The van der Waals surface area contributed by atoms with Crippen LogP contribution in [0, 0.1) is 5.82 Å². The molecule has 0 atom stereocenters. The van der Waals surface area contributed by atoms with Gasteiger partial charge >= 0.3 is 0 Å². The van der Waals surface area contributed by atoms with E-state index in [4.69, 9.17) is 0 Å². The Morgan fingerprint density at radius 1 is 0.810 bits per heavy atom. The van der Waals surface area contributed by atoms with Gasteiger partial charge in [0, 0.05) is 21.2 Å². The van der Waals surface area contributed by atoms with Gasteiger partial charge < -0.3 is 5.32 Å². The molecule has 0 amide bonds. The number of rotatable bonds is 3. The van der Waals surface area contributed by atoms with Gasteiger partial charge in [-0.2, -0.15) is 0 Å². The maximum Gasteiger partial charge on any atom is 0.124 e. The molecule has 3 aromatic rings. The number of nitrogens with one attached hydrogen (secondary N) is 1. The summed E-state index contributed by atoms with van der Waals surface area (Å²) in [6, 6.07) is 17.3. The zero-order valence-corrected chi connectivity index (χ0v) is 14.2. The predicted octanol–water partition coefficient (Wildman–Crippen LogP) is 6.12. The van der Waals surface area contributed by atoms with E-state index < -0.39 is 0 Å². The second-order valence-electron chi connectivity index (χ2n) is 4.84. The summed E-state index contributed by atoms with van der Waals surface area (Å²) in [5, 5.41) is 5.68. The fourth-order valence-electron chi connectivity index (χ4n) is 2.24. The summed E-state index contributed by atoms with van der Waals surface area (Å²) in [7, 11) is 0. The third-order valence-electron chi connectivity index (χ3n) is 3.22. The predicted molar refractivity (Wildman–Crippen MR) is 93.1 cm³/mol. The van der Waals surface area contributed by atoms with Gasteiger partial charge in [0.1, 0.15) is 5.82 Å². The first-order valence-electron chi connectivity index (χ1n) is 6.48. The van der Waals surface area contributed by atoms with E-state index in [-0.39, 0.29) is 5.82 Å². The van der Waals surface area contributed by atoms with Crippen LogP contribution in [-0.4, -0.2) is 0 Å². The Morgan fingerprint density at radius 2 is 1.57 bits per heavy atom. The molecule has 106 valence electrons. The minimum Gasteiger partial charge on any atom is -0.381 e. The van der Waals surface area contributed by atoms with E-state index >= 15 is 0 Å². The maximum absolute atomic E-state index is 13.3. The number of fused-ring (bicyclic) bond motifs is 1. The Labute approximate surface area is 139 Å². The van der Waals surface area contributed by atoms with Gasteiger partial charge in [-0.25, -0.2) is 4.39 Å². The summed E-state index contributed by atoms with van der Waals surface area (Å²) >= 11 is 6.78. The van der Waals surface area contributed by atoms with Crippen LogP contribution in [0.1, 0.15) is 5.56 Å². The number of hydrogen-bond acceptors (Lipinski definition) is 1. The molecule has 0 saturated carbocycles. The van der Waals surface area contributed by atoms with E-state index in [1.54, 1.807) is 0 Å². The smallest absolute Gasteiger partial charge is 0.124 e. The van der Waals surface area contributed by atoms with Gasteiger partial charge in [-0.05, 0) is 58.8 Å². The second-order valence-corrected chi connectivity index (χ2v) is 6.67. The molecule has 21 heavy (non-hydrogen) atoms. The van der Waals surface area contributed by atoms with Gasteiger partial charge in [-0.3, -0.25) is 0 Å². The number of halogens is 3. The van der Waals surface area contributed by atoms with Crippen molar-refractivity contribution in [2.24, 2.45) is 0 Å². The van der Waals surface area contributed by atoms with Crippen LogP contribution in [0.2, 0.25) is 0 Å². The second kappa shape index (κ2) is 6.16. The van der Waals surface area contributed by atoms with Gasteiger partial charge in [0.05, 0.1) is 0 Å². The van der Waals surface area contributed by atoms with Gasteiger partial charge in [0.25, 0.3) is 0 Å². The Morgan fingerprint density at radius 3 is 2.38 bits per heavy atom. The van der Waals surface area contributed by atoms with E-state index in [9.17, 15) is 4.39 Å². The zero-order valence-electron chi connectivity index (χ0n) is 11.0. The van der Waals surface area contributed by atoms with Crippen LogP contribution in [-0.2, 0) is 6.54 Å². The van der Waals surface area contributed by atoms with E-state index in [0.29, 0.717) is 6.54 Å². The largest absolute Gasteiger partial charge is 0.381 e. The van der Waals surface area contributed by atoms with Gasteiger partial charge in [-0.1, -0.05) is 44.0 Å². The zero-order chi connectivity index (χ0) is 14.8. The average molecular weight is 409 g/mol. The molecule has 0 aromatic heterocycles. The molecule has 0 unspecified atom stereocenters. The summed E-state index contributed by atoms with van der Waals surface area (Å²) in [6.07, 6.45) is 0. The first-order chi connectivity index (χ1) is 10.1. The molecule has 0 aliphatic carbocycles. The third kappa shape index (κ3) is 3.63. The van der Waals surface area contributed by atoms with Crippen molar-refractivity contribution in [2.45, 2.75) is 6.54 Å².